The number of hydrogen-bond donors (Lipinski definition) is 0. The van der Waals surface area contributed by atoms with E-state index in [0.29, 0.717) is 7.35 Å². The number of alkyl halides is 1. The van der Waals surface area contributed by atoms with Gasteiger partial charge < -0.3 is 0 Å². The first-order chi connectivity index (χ1) is 23.3. The molecule has 0 N–H and O–H groups in total. The van der Waals surface area contributed by atoms with E-state index in [2.05, 4.69) is 118 Å². The molecule has 4 heteroatoms. The van der Waals surface area contributed by atoms with Gasteiger partial charge in [-0.3, -0.25) is 0 Å². The van der Waals surface area contributed by atoms with Crippen LogP contribution in [0, 0.1) is 0 Å². The third-order valence-corrected chi connectivity index (χ3v) is 24.9. The number of benzene rings is 4. The van der Waals surface area contributed by atoms with Crippen LogP contribution in [0.5, 0.6) is 0 Å². The summed E-state index contributed by atoms with van der Waals surface area (Å²) in [6.45, 7) is 0. The third-order valence-electron chi connectivity index (χ3n) is 11.6. The van der Waals surface area contributed by atoms with Crippen LogP contribution in [0.1, 0.15) is 77.8 Å². The van der Waals surface area contributed by atoms with Gasteiger partial charge in [0.25, 0.3) is 0 Å². The van der Waals surface area contributed by atoms with Crippen molar-refractivity contribution in [3.05, 3.63) is 142 Å². The minimum absolute atomic E-state index is 0.382. The number of hydrogen-bond acceptors (Lipinski definition) is 0. The standard InChI is InChI=1S/2C21H18N.CH2Cl.Hf/c2*1-2-8-16-14-17(13-15(16)7-1)22-20-11-5-3-9-18(20)19-10-4-6-12-21(19)22;1-2;/h2*1-3,5,7-9,11,13-14H,4,6,10,12H2;1H2;. The van der Waals surface area contributed by atoms with Crippen molar-refractivity contribution in [1.29, 1.82) is 0 Å². The van der Waals surface area contributed by atoms with E-state index >= 15 is 0 Å². The molecular formula is C43H38ClHfN2. The molecule has 2 heterocycles. The molecule has 10 rings (SSSR count). The molecule has 4 aliphatic carbocycles. The van der Waals surface area contributed by atoms with Crippen LogP contribution in [0.2, 0.25) is 0 Å². The normalized spacial score (nSPS) is 19.7. The van der Waals surface area contributed by atoms with Crippen LogP contribution in [0.15, 0.2) is 97.1 Å². The molecule has 2 nitrogen and oxygen atoms in total. The van der Waals surface area contributed by atoms with Crippen LogP contribution in [0.4, 0.5) is 0 Å². The van der Waals surface area contributed by atoms with Crippen molar-refractivity contribution >= 4 is 57.0 Å². The van der Waals surface area contributed by atoms with Gasteiger partial charge >= 0.3 is 292 Å². The number of para-hydroxylation sites is 2. The summed E-state index contributed by atoms with van der Waals surface area (Å²) in [5, 5.41) is 2.90. The predicted molar refractivity (Wildman–Crippen MR) is 195 cm³/mol. The van der Waals surface area contributed by atoms with Crippen molar-refractivity contribution in [2.75, 3.05) is 3.64 Å². The minimum atomic E-state index is -2.92. The van der Waals surface area contributed by atoms with E-state index in [9.17, 15) is 0 Å². The molecule has 0 spiro atoms. The van der Waals surface area contributed by atoms with Gasteiger partial charge in [-0.15, -0.1) is 0 Å². The van der Waals surface area contributed by atoms with Crippen LogP contribution in [0.3, 0.4) is 0 Å². The number of halogens is 1. The second-order valence-corrected chi connectivity index (χ2v) is 25.4. The Labute approximate surface area is 289 Å². The summed E-state index contributed by atoms with van der Waals surface area (Å²) in [5.74, 6) is 0. The second-order valence-electron chi connectivity index (χ2n) is 13.9. The molecule has 0 bridgehead atoms. The Kier molecular flexibility index (Phi) is 6.91. The first-order valence-corrected chi connectivity index (χ1v) is 24.8. The van der Waals surface area contributed by atoms with Gasteiger partial charge in [0.05, 0.1) is 0 Å². The van der Waals surface area contributed by atoms with Crippen LogP contribution < -0.4 is 0 Å². The van der Waals surface area contributed by atoms with Crippen molar-refractivity contribution in [2.24, 2.45) is 0 Å². The summed E-state index contributed by atoms with van der Waals surface area (Å²) in [4.78, 5) is 0. The third kappa shape index (κ3) is 4.25. The number of fused-ring (bicyclic) bond motifs is 8. The summed E-state index contributed by atoms with van der Waals surface area (Å²) < 4.78 is 7.01. The zero-order valence-electron chi connectivity index (χ0n) is 26.7. The van der Waals surface area contributed by atoms with Crippen molar-refractivity contribution in [3.63, 3.8) is 0 Å². The van der Waals surface area contributed by atoms with E-state index in [1.165, 1.54) is 94.0 Å². The molecule has 47 heavy (non-hydrogen) atoms. The van der Waals surface area contributed by atoms with Gasteiger partial charge in [-0.2, -0.15) is 0 Å². The second kappa shape index (κ2) is 11.3. The van der Waals surface area contributed by atoms with Crippen molar-refractivity contribution in [1.82, 2.24) is 9.13 Å². The quantitative estimate of drug-likeness (QED) is 0.121. The Bertz CT molecular complexity index is 2120. The van der Waals surface area contributed by atoms with E-state index < -0.39 is 21.4 Å². The Morgan fingerprint density at radius 3 is 1.45 bits per heavy atom. The first-order valence-electron chi connectivity index (χ1n) is 17.6. The van der Waals surface area contributed by atoms with Crippen LogP contribution >= 0.6 is 11.6 Å². The Balaban J connectivity index is 1.20. The van der Waals surface area contributed by atoms with Gasteiger partial charge in [-0.25, -0.2) is 0 Å². The number of rotatable bonds is 5. The van der Waals surface area contributed by atoms with Crippen LogP contribution in [-0.4, -0.2) is 12.8 Å². The topological polar surface area (TPSA) is 9.86 Å². The SMILES string of the molecule is Cl[CH2][Hf]([CH]1C(n2c3c(c4ccccc42)CCCC3)=Cc2ccccc21)[CH]1C(n2c3c(c4ccccc42)CCCC3)=Cc2ccccc21. The molecule has 2 unspecified atom stereocenters. The maximum atomic E-state index is 7.46. The van der Waals surface area contributed by atoms with Gasteiger partial charge in [-0.1, -0.05) is 0 Å². The number of aromatic nitrogens is 2. The number of nitrogens with zero attached hydrogens (tertiary/aromatic N) is 2. The van der Waals surface area contributed by atoms with E-state index in [-0.39, 0.29) is 0 Å². The molecule has 231 valence electrons. The van der Waals surface area contributed by atoms with Gasteiger partial charge in [0.1, 0.15) is 0 Å². The zero-order chi connectivity index (χ0) is 31.1. The molecule has 4 aliphatic rings. The zero-order valence-corrected chi connectivity index (χ0v) is 31.0. The molecule has 2 atom stereocenters. The average molecular weight is 797 g/mol. The molecule has 0 saturated heterocycles. The first kappa shape index (κ1) is 28.6. The Hall–Kier alpha value is -3.40. The number of aryl methyl sites for hydroxylation is 2. The van der Waals surface area contributed by atoms with Crippen molar-refractivity contribution in [2.45, 2.75) is 58.7 Å². The van der Waals surface area contributed by atoms with E-state index in [4.69, 9.17) is 11.6 Å². The van der Waals surface area contributed by atoms with Gasteiger partial charge in [0.15, 0.2) is 0 Å². The predicted octanol–water partition coefficient (Wildman–Crippen LogP) is 11.0. The van der Waals surface area contributed by atoms with E-state index in [1.54, 1.807) is 22.5 Å². The maximum absolute atomic E-state index is 7.46. The summed E-state index contributed by atoms with van der Waals surface area (Å²) in [6, 6.07) is 36.9. The molecule has 6 aromatic rings. The van der Waals surface area contributed by atoms with Gasteiger partial charge in [-0.05, 0) is 0 Å². The summed E-state index contributed by atoms with van der Waals surface area (Å²) in [6.07, 6.45) is 14.9. The summed E-state index contributed by atoms with van der Waals surface area (Å²) in [7, 11) is 0. The molecule has 2 aromatic heterocycles. The van der Waals surface area contributed by atoms with Crippen LogP contribution in [0.25, 0.3) is 45.4 Å². The van der Waals surface area contributed by atoms with E-state index in [1.807, 2.05) is 0 Å². The van der Waals surface area contributed by atoms with Gasteiger partial charge in [0, 0.05) is 0 Å². The van der Waals surface area contributed by atoms with Crippen molar-refractivity contribution in [3.8, 4) is 0 Å². The molecule has 0 aliphatic heterocycles. The molecule has 0 radical (unpaired) electrons. The Morgan fingerprint density at radius 1 is 0.532 bits per heavy atom. The summed E-state index contributed by atoms with van der Waals surface area (Å²) in [5.41, 5.74) is 17.8. The molecule has 0 amide bonds. The molecule has 4 aromatic carbocycles. The monoisotopic (exact) mass is 797 g/mol. The molecular weight excluding hydrogens is 758 g/mol. The molecule has 0 fully saturated rings. The molecule has 0 saturated carbocycles. The number of allylic oxidation sites excluding steroid dienone is 2. The Morgan fingerprint density at radius 2 is 0.957 bits per heavy atom. The fourth-order valence-electron chi connectivity index (χ4n) is 9.68. The van der Waals surface area contributed by atoms with E-state index in [0.717, 1.165) is 16.5 Å². The summed E-state index contributed by atoms with van der Waals surface area (Å²) >= 11 is 4.54. The van der Waals surface area contributed by atoms with Crippen molar-refractivity contribution < 1.29 is 21.4 Å². The fraction of sp³-hybridized carbons (Fsp3) is 0.256. The average Bonchev–Trinajstić information content (AvgIpc) is 3.87. The fourth-order valence-corrected chi connectivity index (χ4v) is 23.5. The van der Waals surface area contributed by atoms with Gasteiger partial charge in [0.2, 0.25) is 0 Å². The van der Waals surface area contributed by atoms with Crippen LogP contribution in [-0.2, 0) is 47.1 Å².